The summed E-state index contributed by atoms with van der Waals surface area (Å²) < 4.78 is 7.18. The van der Waals surface area contributed by atoms with Crippen molar-refractivity contribution in [3.8, 4) is 44.5 Å². The molecule has 0 bridgehead atoms. The van der Waals surface area contributed by atoms with Gasteiger partial charge in [0.2, 0.25) is 0 Å². The molecule has 10 aromatic rings. The first-order chi connectivity index (χ1) is 26.8. The Bertz CT molecular complexity index is 3260. The van der Waals surface area contributed by atoms with Crippen molar-refractivity contribution < 1.29 is 4.42 Å². The molecule has 0 saturated heterocycles. The number of fused-ring (bicyclic) bond motifs is 14. The summed E-state index contributed by atoms with van der Waals surface area (Å²) >= 11 is 0. The van der Waals surface area contributed by atoms with E-state index in [-0.39, 0.29) is 10.8 Å². The molecule has 1 heterocycles. The van der Waals surface area contributed by atoms with Gasteiger partial charge in [-0.1, -0.05) is 167 Å². The summed E-state index contributed by atoms with van der Waals surface area (Å²) in [7, 11) is 0. The smallest absolute Gasteiger partial charge is 0.143 e. The lowest BCUT2D eigenvalue weighted by molar-refractivity contribution is 0.657. The lowest BCUT2D eigenvalue weighted by Crippen LogP contribution is -2.15. The first kappa shape index (κ1) is 31.0. The molecular weight excluding hydrogens is 665 g/mol. The van der Waals surface area contributed by atoms with Crippen LogP contribution in [-0.2, 0) is 10.8 Å². The second-order valence-electron chi connectivity index (χ2n) is 16.8. The van der Waals surface area contributed by atoms with Crippen LogP contribution in [0.1, 0.15) is 49.9 Å². The van der Waals surface area contributed by atoms with Crippen molar-refractivity contribution >= 4 is 54.3 Å². The van der Waals surface area contributed by atoms with E-state index in [1.807, 2.05) is 0 Å². The lowest BCUT2D eigenvalue weighted by atomic mass is 9.78. The van der Waals surface area contributed by atoms with E-state index in [0.717, 1.165) is 16.7 Å². The molecule has 0 saturated carbocycles. The molecule has 0 radical (unpaired) electrons. The molecule has 0 unspecified atom stereocenters. The van der Waals surface area contributed by atoms with Gasteiger partial charge < -0.3 is 4.42 Å². The summed E-state index contributed by atoms with van der Waals surface area (Å²) in [4.78, 5) is 0. The van der Waals surface area contributed by atoms with Crippen molar-refractivity contribution in [1.29, 1.82) is 0 Å². The maximum atomic E-state index is 7.18. The van der Waals surface area contributed by atoms with E-state index in [2.05, 4.69) is 185 Å². The van der Waals surface area contributed by atoms with Crippen molar-refractivity contribution in [2.45, 2.75) is 38.5 Å². The zero-order valence-electron chi connectivity index (χ0n) is 31.4. The molecule has 1 nitrogen and oxygen atoms in total. The highest BCUT2D eigenvalue weighted by atomic mass is 16.3. The fourth-order valence-electron chi connectivity index (χ4n) is 10.8. The van der Waals surface area contributed by atoms with Crippen molar-refractivity contribution in [2.24, 2.45) is 0 Å². The third kappa shape index (κ3) is 3.93. The summed E-state index contributed by atoms with van der Waals surface area (Å²) in [5, 5.41) is 9.86. The Morgan fingerprint density at radius 1 is 0.382 bits per heavy atom. The molecule has 0 aliphatic heterocycles. The van der Waals surface area contributed by atoms with Crippen LogP contribution in [0.2, 0.25) is 0 Å². The van der Waals surface area contributed by atoms with Crippen LogP contribution in [0.3, 0.4) is 0 Å². The maximum Gasteiger partial charge on any atom is 0.143 e. The summed E-state index contributed by atoms with van der Waals surface area (Å²) in [6, 6.07) is 58.8. The number of hydrogen-bond acceptors (Lipinski definition) is 1. The van der Waals surface area contributed by atoms with Crippen LogP contribution in [0.25, 0.3) is 98.8 Å². The molecule has 0 amide bonds. The number of furan rings is 1. The SMILES string of the molecule is CC1(C)c2ccccc2-c2cc(-c3c4ccccc4c(-c4cc5c(c6c4oc4ccc7ccccc7c46)C(C)(C)c4ccccc4-5)c4ccccc34)ccc21. The van der Waals surface area contributed by atoms with Crippen LogP contribution in [0.15, 0.2) is 162 Å². The monoisotopic (exact) mass is 702 g/mol. The fraction of sp³-hybridized carbons (Fsp3) is 0.111. The minimum Gasteiger partial charge on any atom is -0.455 e. The molecule has 0 fully saturated rings. The number of rotatable bonds is 2. The Morgan fingerprint density at radius 2 is 0.927 bits per heavy atom. The van der Waals surface area contributed by atoms with E-state index in [0.29, 0.717) is 0 Å². The van der Waals surface area contributed by atoms with Crippen LogP contribution >= 0.6 is 0 Å². The summed E-state index contributed by atoms with van der Waals surface area (Å²) in [5.74, 6) is 0. The van der Waals surface area contributed by atoms with Crippen molar-refractivity contribution in [2.75, 3.05) is 0 Å². The Balaban J connectivity index is 1.23. The average Bonchev–Trinajstić information content (AvgIpc) is 3.80. The van der Waals surface area contributed by atoms with Crippen molar-refractivity contribution in [3.63, 3.8) is 0 Å². The Labute approximate surface area is 320 Å². The molecule has 2 aliphatic rings. The van der Waals surface area contributed by atoms with Gasteiger partial charge in [0, 0.05) is 32.7 Å². The van der Waals surface area contributed by atoms with Crippen LogP contribution < -0.4 is 0 Å². The normalized spacial score (nSPS) is 14.8. The van der Waals surface area contributed by atoms with E-state index in [9.17, 15) is 0 Å². The quantitative estimate of drug-likeness (QED) is 0.163. The van der Waals surface area contributed by atoms with Crippen LogP contribution in [-0.4, -0.2) is 0 Å². The predicted octanol–water partition coefficient (Wildman–Crippen LogP) is 15.0. The minimum absolute atomic E-state index is 0.0392. The molecule has 0 N–H and O–H groups in total. The summed E-state index contributed by atoms with van der Waals surface area (Å²) in [6.45, 7) is 9.48. The molecule has 0 spiro atoms. The van der Waals surface area contributed by atoms with Gasteiger partial charge in [-0.3, -0.25) is 0 Å². The highest BCUT2D eigenvalue weighted by Gasteiger charge is 2.40. The predicted molar refractivity (Wildman–Crippen MR) is 232 cm³/mol. The number of hydrogen-bond donors (Lipinski definition) is 0. The first-order valence-corrected chi connectivity index (χ1v) is 19.5. The molecule has 2 aliphatic carbocycles. The second-order valence-corrected chi connectivity index (χ2v) is 16.8. The van der Waals surface area contributed by atoms with E-state index >= 15 is 0 Å². The largest absolute Gasteiger partial charge is 0.455 e. The van der Waals surface area contributed by atoms with E-state index in [1.54, 1.807) is 0 Å². The topological polar surface area (TPSA) is 13.1 Å². The van der Waals surface area contributed by atoms with E-state index in [1.165, 1.54) is 104 Å². The molecule has 1 aromatic heterocycles. The zero-order valence-corrected chi connectivity index (χ0v) is 31.4. The van der Waals surface area contributed by atoms with Gasteiger partial charge in [-0.25, -0.2) is 0 Å². The molecule has 12 rings (SSSR count). The Hall–Kier alpha value is -6.44. The van der Waals surface area contributed by atoms with Gasteiger partial charge in [0.05, 0.1) is 0 Å². The Morgan fingerprint density at radius 3 is 1.62 bits per heavy atom. The van der Waals surface area contributed by atoms with Crippen molar-refractivity contribution in [1.82, 2.24) is 0 Å². The molecule has 260 valence electrons. The first-order valence-electron chi connectivity index (χ1n) is 19.5. The van der Waals surface area contributed by atoms with Crippen molar-refractivity contribution in [3.05, 3.63) is 180 Å². The van der Waals surface area contributed by atoms with Gasteiger partial charge in [0.15, 0.2) is 0 Å². The minimum atomic E-state index is -0.203. The van der Waals surface area contributed by atoms with Crippen LogP contribution in [0.5, 0.6) is 0 Å². The average molecular weight is 703 g/mol. The highest BCUT2D eigenvalue weighted by Crippen LogP contribution is 2.57. The standard InChI is InChI=1S/C54H38O/c1-53(2)43-23-13-11-17-34(43)40-29-32(25-27-45(40)53)47-36-19-7-9-21-38(36)48(39-22-10-8-20-37(39)47)42-30-41-35-18-12-14-24-44(35)54(3,4)51(41)50-49-33-16-6-5-15-31(33)26-28-46(49)55-52(42)50/h5-30H,1-4H3. The second kappa shape index (κ2) is 10.6. The van der Waals surface area contributed by atoms with Gasteiger partial charge in [0.1, 0.15) is 11.2 Å². The Kier molecular flexibility index (Phi) is 5.98. The maximum absolute atomic E-state index is 7.18. The van der Waals surface area contributed by atoms with E-state index < -0.39 is 0 Å². The molecular formula is C54H38O. The molecule has 0 atom stereocenters. The van der Waals surface area contributed by atoms with Crippen LogP contribution in [0, 0.1) is 0 Å². The van der Waals surface area contributed by atoms with Crippen LogP contribution in [0.4, 0.5) is 0 Å². The van der Waals surface area contributed by atoms with Gasteiger partial charge in [-0.05, 0) is 106 Å². The summed E-state index contributed by atoms with van der Waals surface area (Å²) in [6.07, 6.45) is 0. The lowest BCUT2D eigenvalue weighted by Gasteiger charge is -2.24. The van der Waals surface area contributed by atoms with Gasteiger partial charge >= 0.3 is 0 Å². The molecule has 55 heavy (non-hydrogen) atoms. The highest BCUT2D eigenvalue weighted by molar-refractivity contribution is 6.28. The van der Waals surface area contributed by atoms with Gasteiger partial charge in [0.25, 0.3) is 0 Å². The molecule has 9 aromatic carbocycles. The molecule has 1 heteroatoms. The third-order valence-electron chi connectivity index (χ3n) is 13.2. The summed E-state index contributed by atoms with van der Waals surface area (Å²) in [5.41, 5.74) is 17.4. The number of benzene rings is 9. The zero-order chi connectivity index (χ0) is 36.8. The van der Waals surface area contributed by atoms with E-state index in [4.69, 9.17) is 4.42 Å². The third-order valence-corrected chi connectivity index (χ3v) is 13.2. The van der Waals surface area contributed by atoms with Gasteiger partial charge in [-0.15, -0.1) is 0 Å². The fourth-order valence-corrected chi connectivity index (χ4v) is 10.8. The van der Waals surface area contributed by atoms with Gasteiger partial charge in [-0.2, -0.15) is 0 Å².